The summed E-state index contributed by atoms with van der Waals surface area (Å²) in [7, 11) is 0. The van der Waals surface area contributed by atoms with E-state index in [9.17, 15) is 8.78 Å². The van der Waals surface area contributed by atoms with Gasteiger partial charge in [0.15, 0.2) is 0 Å². The van der Waals surface area contributed by atoms with Crippen LogP contribution in [0.25, 0.3) is 0 Å². The number of nitrogens with two attached hydrogens (primary N) is 1. The third-order valence-electron chi connectivity index (χ3n) is 3.03. The molecule has 2 rings (SSSR count). The zero-order chi connectivity index (χ0) is 12.3. The van der Waals surface area contributed by atoms with Crippen molar-refractivity contribution in [2.24, 2.45) is 5.73 Å². The highest BCUT2D eigenvalue weighted by Gasteiger charge is 2.24. The molecule has 17 heavy (non-hydrogen) atoms. The van der Waals surface area contributed by atoms with Gasteiger partial charge in [0.25, 0.3) is 0 Å². The standard InChI is InChI=1S/C12H16F2N2O/c13-9-1-2-11(14)10(7-9)12(8-15)16-3-5-17-6-4-16/h1-2,7,12H,3-6,8,15H2. The molecule has 1 fully saturated rings. The van der Waals surface area contributed by atoms with Gasteiger partial charge in [0.1, 0.15) is 11.6 Å². The Bertz CT molecular complexity index is 381. The largest absolute Gasteiger partial charge is 0.379 e. The van der Waals surface area contributed by atoms with Gasteiger partial charge in [0.2, 0.25) is 0 Å². The van der Waals surface area contributed by atoms with Crippen LogP contribution in [-0.4, -0.2) is 37.7 Å². The predicted molar refractivity (Wildman–Crippen MR) is 60.5 cm³/mol. The minimum absolute atomic E-state index is 0.264. The van der Waals surface area contributed by atoms with E-state index in [4.69, 9.17) is 10.5 Å². The third kappa shape index (κ3) is 2.80. The molecule has 1 atom stereocenters. The fourth-order valence-electron chi connectivity index (χ4n) is 2.13. The Morgan fingerprint density at radius 2 is 2.00 bits per heavy atom. The molecule has 0 saturated carbocycles. The van der Waals surface area contributed by atoms with E-state index in [1.54, 1.807) is 0 Å². The van der Waals surface area contributed by atoms with Gasteiger partial charge < -0.3 is 10.5 Å². The summed E-state index contributed by atoms with van der Waals surface area (Å²) in [6, 6.07) is 3.21. The van der Waals surface area contributed by atoms with Gasteiger partial charge in [-0.15, -0.1) is 0 Å². The van der Waals surface area contributed by atoms with Crippen molar-refractivity contribution in [2.45, 2.75) is 6.04 Å². The number of nitrogens with zero attached hydrogens (tertiary/aromatic N) is 1. The van der Waals surface area contributed by atoms with Gasteiger partial charge in [0, 0.05) is 25.2 Å². The van der Waals surface area contributed by atoms with Crippen LogP contribution in [0, 0.1) is 11.6 Å². The second kappa shape index (κ2) is 5.53. The SMILES string of the molecule is NCC(c1cc(F)ccc1F)N1CCOCC1. The molecular formula is C12H16F2N2O. The van der Waals surface area contributed by atoms with Gasteiger partial charge in [-0.25, -0.2) is 8.78 Å². The van der Waals surface area contributed by atoms with E-state index >= 15 is 0 Å². The summed E-state index contributed by atoms with van der Waals surface area (Å²) >= 11 is 0. The monoisotopic (exact) mass is 242 g/mol. The molecule has 1 aromatic carbocycles. The highest BCUT2D eigenvalue weighted by molar-refractivity contribution is 5.23. The molecule has 1 aliphatic rings. The molecule has 1 heterocycles. The first kappa shape index (κ1) is 12.4. The van der Waals surface area contributed by atoms with Crippen LogP contribution < -0.4 is 5.73 Å². The molecule has 1 aliphatic heterocycles. The zero-order valence-electron chi connectivity index (χ0n) is 9.53. The van der Waals surface area contributed by atoms with Crippen molar-refractivity contribution >= 4 is 0 Å². The Morgan fingerprint density at radius 1 is 1.29 bits per heavy atom. The molecule has 0 bridgehead atoms. The first-order valence-electron chi connectivity index (χ1n) is 5.69. The summed E-state index contributed by atoms with van der Waals surface area (Å²) < 4.78 is 32.1. The molecule has 0 aromatic heterocycles. The third-order valence-corrected chi connectivity index (χ3v) is 3.03. The van der Waals surface area contributed by atoms with Crippen molar-refractivity contribution in [2.75, 3.05) is 32.8 Å². The van der Waals surface area contributed by atoms with Crippen molar-refractivity contribution in [1.82, 2.24) is 4.90 Å². The minimum Gasteiger partial charge on any atom is -0.379 e. The molecule has 0 aliphatic carbocycles. The maximum atomic E-state index is 13.7. The Hall–Kier alpha value is -1.04. The molecule has 0 amide bonds. The molecule has 1 unspecified atom stereocenters. The van der Waals surface area contributed by atoms with Crippen LogP contribution in [0.5, 0.6) is 0 Å². The fourth-order valence-corrected chi connectivity index (χ4v) is 2.13. The van der Waals surface area contributed by atoms with Gasteiger partial charge in [-0.05, 0) is 18.2 Å². The molecule has 5 heteroatoms. The first-order chi connectivity index (χ1) is 8.22. The minimum atomic E-state index is -0.437. The lowest BCUT2D eigenvalue weighted by molar-refractivity contribution is 0.0171. The van der Waals surface area contributed by atoms with E-state index in [2.05, 4.69) is 0 Å². The van der Waals surface area contributed by atoms with Crippen LogP contribution in [0.1, 0.15) is 11.6 Å². The number of hydrogen-bond acceptors (Lipinski definition) is 3. The summed E-state index contributed by atoms with van der Waals surface area (Å²) in [6.45, 7) is 2.86. The maximum Gasteiger partial charge on any atom is 0.128 e. The van der Waals surface area contributed by atoms with Crippen LogP contribution in [0.2, 0.25) is 0 Å². The van der Waals surface area contributed by atoms with Gasteiger partial charge in [-0.2, -0.15) is 0 Å². The van der Waals surface area contributed by atoms with Gasteiger partial charge in [-0.3, -0.25) is 4.90 Å². The Kier molecular flexibility index (Phi) is 4.04. The van der Waals surface area contributed by atoms with E-state index < -0.39 is 11.6 Å². The number of ether oxygens (including phenoxy) is 1. The van der Waals surface area contributed by atoms with Gasteiger partial charge in [0.05, 0.1) is 19.3 Å². The van der Waals surface area contributed by atoms with E-state index in [1.807, 2.05) is 4.90 Å². The Morgan fingerprint density at radius 3 is 2.65 bits per heavy atom. The lowest BCUT2D eigenvalue weighted by atomic mass is 10.0. The van der Waals surface area contributed by atoms with Crippen molar-refractivity contribution in [1.29, 1.82) is 0 Å². The zero-order valence-corrected chi connectivity index (χ0v) is 9.53. The predicted octanol–water partition coefficient (Wildman–Crippen LogP) is 1.30. The molecule has 1 aromatic rings. The summed E-state index contributed by atoms with van der Waals surface area (Å²) in [5.41, 5.74) is 6.01. The van der Waals surface area contributed by atoms with Crippen LogP contribution in [-0.2, 0) is 4.74 Å². The van der Waals surface area contributed by atoms with E-state index in [0.717, 1.165) is 12.1 Å². The molecule has 0 radical (unpaired) electrons. The molecular weight excluding hydrogens is 226 g/mol. The lowest BCUT2D eigenvalue weighted by Gasteiger charge is -2.34. The van der Waals surface area contributed by atoms with E-state index in [-0.39, 0.29) is 12.6 Å². The maximum absolute atomic E-state index is 13.7. The summed E-state index contributed by atoms with van der Waals surface area (Å²) in [5, 5.41) is 0. The topological polar surface area (TPSA) is 38.5 Å². The van der Waals surface area contributed by atoms with Crippen molar-refractivity contribution in [3.05, 3.63) is 35.4 Å². The van der Waals surface area contributed by atoms with Gasteiger partial charge >= 0.3 is 0 Å². The van der Waals surface area contributed by atoms with Crippen molar-refractivity contribution in [3.8, 4) is 0 Å². The summed E-state index contributed by atoms with van der Waals surface area (Å²) in [5.74, 6) is -0.846. The van der Waals surface area contributed by atoms with Crippen molar-refractivity contribution < 1.29 is 13.5 Å². The number of halogens is 2. The quantitative estimate of drug-likeness (QED) is 0.868. The molecule has 1 saturated heterocycles. The Balaban J connectivity index is 2.24. The number of hydrogen-bond donors (Lipinski definition) is 1. The summed E-state index contributed by atoms with van der Waals surface area (Å²) in [6.07, 6.45) is 0. The number of morpholine rings is 1. The second-order valence-electron chi connectivity index (χ2n) is 4.07. The lowest BCUT2D eigenvalue weighted by Crippen LogP contribution is -2.42. The highest BCUT2D eigenvalue weighted by atomic mass is 19.1. The Labute approximate surface area is 99.2 Å². The summed E-state index contributed by atoms with van der Waals surface area (Å²) in [4.78, 5) is 2.03. The molecule has 2 N–H and O–H groups in total. The molecule has 94 valence electrons. The normalized spacial score (nSPS) is 19.2. The fraction of sp³-hybridized carbons (Fsp3) is 0.500. The second-order valence-corrected chi connectivity index (χ2v) is 4.07. The first-order valence-corrected chi connectivity index (χ1v) is 5.69. The highest BCUT2D eigenvalue weighted by Crippen LogP contribution is 2.24. The van der Waals surface area contributed by atoms with Crippen LogP contribution in [0.15, 0.2) is 18.2 Å². The van der Waals surface area contributed by atoms with Crippen LogP contribution >= 0.6 is 0 Å². The smallest absolute Gasteiger partial charge is 0.128 e. The van der Waals surface area contributed by atoms with E-state index in [1.165, 1.54) is 6.07 Å². The molecule has 3 nitrogen and oxygen atoms in total. The molecule has 0 spiro atoms. The van der Waals surface area contributed by atoms with Crippen LogP contribution in [0.3, 0.4) is 0 Å². The van der Waals surface area contributed by atoms with Crippen molar-refractivity contribution in [3.63, 3.8) is 0 Å². The van der Waals surface area contributed by atoms with Gasteiger partial charge in [-0.1, -0.05) is 0 Å². The number of rotatable bonds is 3. The average Bonchev–Trinajstić information content (AvgIpc) is 2.36. The van der Waals surface area contributed by atoms with E-state index in [0.29, 0.717) is 31.9 Å². The average molecular weight is 242 g/mol. The van der Waals surface area contributed by atoms with Crippen LogP contribution in [0.4, 0.5) is 8.78 Å². The number of benzene rings is 1.